The molecule has 0 aliphatic heterocycles. The topological polar surface area (TPSA) is 194 Å². The number of anilines is 1. The fourth-order valence-corrected chi connectivity index (χ4v) is 3.25. The van der Waals surface area contributed by atoms with Gasteiger partial charge in [0.05, 0.1) is 32.7 Å². The molecule has 1 rings (SSSR count). The number of nitrogens with zero attached hydrogens (tertiary/aromatic N) is 2. The Morgan fingerprint density at radius 2 is 1.39 bits per heavy atom. The van der Waals surface area contributed by atoms with Gasteiger partial charge in [0.2, 0.25) is 5.91 Å². The summed E-state index contributed by atoms with van der Waals surface area (Å²) in [5.41, 5.74) is 0.518. The van der Waals surface area contributed by atoms with Gasteiger partial charge in [0, 0.05) is 18.8 Å². The lowest BCUT2D eigenvalue weighted by atomic mass is 10.2. The molecule has 0 saturated carbocycles. The van der Waals surface area contributed by atoms with E-state index >= 15 is 0 Å². The van der Waals surface area contributed by atoms with Crippen molar-refractivity contribution in [2.45, 2.75) is 0 Å². The summed E-state index contributed by atoms with van der Waals surface area (Å²) in [6.45, 7) is -2.50. The van der Waals surface area contributed by atoms with Gasteiger partial charge >= 0.3 is 23.9 Å². The first-order valence-electron chi connectivity index (χ1n) is 10.0. The highest BCUT2D eigenvalue weighted by Gasteiger charge is 2.34. The normalized spacial score (nSPS) is 11.2. The number of aliphatic carboxylic acids is 4. The number of carboxylic acids is 4. The smallest absolute Gasteiger partial charge is 0.359 e. The van der Waals surface area contributed by atoms with Crippen LogP contribution in [0.2, 0.25) is 0 Å². The highest BCUT2D eigenvalue weighted by molar-refractivity contribution is 5.92. The van der Waals surface area contributed by atoms with Crippen LogP contribution in [0.5, 0.6) is 0 Å². The maximum absolute atomic E-state index is 12.4. The fourth-order valence-electron chi connectivity index (χ4n) is 3.25. The zero-order valence-electron chi connectivity index (χ0n) is 18.0. The number of amides is 1. The summed E-state index contributed by atoms with van der Waals surface area (Å²) in [5.74, 6) is -5.34. The highest BCUT2D eigenvalue weighted by atomic mass is 16.4. The zero-order valence-corrected chi connectivity index (χ0v) is 18.0. The maximum atomic E-state index is 12.4. The second-order valence-corrected chi connectivity index (χ2v) is 7.48. The number of hydrogen-bond acceptors (Lipinski definition) is 7. The minimum Gasteiger partial charge on any atom is -0.480 e. The van der Waals surface area contributed by atoms with Crippen LogP contribution in [-0.2, 0) is 24.0 Å². The highest BCUT2D eigenvalue weighted by Crippen LogP contribution is 2.09. The minimum atomic E-state index is -1.26. The number of carboxylic acid groups (broad SMARTS) is 4. The second kappa shape index (κ2) is 13.8. The van der Waals surface area contributed by atoms with Gasteiger partial charge in [-0.2, -0.15) is 0 Å². The van der Waals surface area contributed by atoms with Crippen LogP contribution in [0.4, 0.5) is 5.69 Å². The van der Waals surface area contributed by atoms with Crippen LogP contribution in [0.15, 0.2) is 30.3 Å². The first-order chi connectivity index (χ1) is 15.5. The van der Waals surface area contributed by atoms with Gasteiger partial charge in [-0.15, -0.1) is 0 Å². The van der Waals surface area contributed by atoms with E-state index in [2.05, 4.69) is 10.6 Å². The molecular weight excluding hydrogens is 440 g/mol. The van der Waals surface area contributed by atoms with Crippen molar-refractivity contribution >= 4 is 35.5 Å². The molecule has 0 aromatic heterocycles. The predicted octanol–water partition coefficient (Wildman–Crippen LogP) is -1.33. The number of nitrogens with one attached hydrogen (secondary N) is 2. The van der Waals surface area contributed by atoms with E-state index in [9.17, 15) is 39.3 Å². The molecular formula is C20H29N4O9+. The third kappa shape index (κ3) is 12.2. The molecule has 182 valence electrons. The Kier molecular flexibility index (Phi) is 11.5. The van der Waals surface area contributed by atoms with E-state index in [1.54, 1.807) is 30.3 Å². The van der Waals surface area contributed by atoms with Crippen molar-refractivity contribution in [3.63, 3.8) is 0 Å². The lowest BCUT2D eigenvalue weighted by Crippen LogP contribution is -2.59. The van der Waals surface area contributed by atoms with Crippen LogP contribution in [-0.4, -0.2) is 118 Å². The van der Waals surface area contributed by atoms with E-state index < -0.39 is 53.9 Å². The largest absolute Gasteiger partial charge is 0.480 e. The average molecular weight is 469 g/mol. The Balaban J connectivity index is 2.92. The van der Waals surface area contributed by atoms with Gasteiger partial charge in [-0.25, -0.2) is 9.59 Å². The van der Waals surface area contributed by atoms with Gasteiger partial charge in [-0.1, -0.05) is 18.2 Å². The van der Waals surface area contributed by atoms with E-state index in [4.69, 9.17) is 5.11 Å². The number of carbonyl (C=O) groups is 5. The minimum absolute atomic E-state index is 0.0248. The molecule has 13 heteroatoms. The summed E-state index contributed by atoms with van der Waals surface area (Å²) in [5, 5.41) is 41.8. The van der Waals surface area contributed by atoms with Crippen molar-refractivity contribution in [3.05, 3.63) is 30.3 Å². The summed E-state index contributed by atoms with van der Waals surface area (Å²) < 4.78 is -0.465. The lowest BCUT2D eigenvalue weighted by molar-refractivity contribution is -0.912. The van der Waals surface area contributed by atoms with Gasteiger partial charge < -0.3 is 35.5 Å². The number of rotatable bonds is 17. The zero-order chi connectivity index (χ0) is 24.9. The summed E-state index contributed by atoms with van der Waals surface area (Å²) in [6, 6.07) is 8.51. The van der Waals surface area contributed by atoms with E-state index in [1.165, 1.54) is 4.90 Å². The molecule has 6 N–H and O–H groups in total. The SMILES string of the molecule is O=C(O)CNCC[N+](CCN(CC(=O)O)CC(=O)Nc1ccccc1)(CC(=O)O)CC(=O)O. The van der Waals surface area contributed by atoms with Gasteiger partial charge in [0.25, 0.3) is 0 Å². The van der Waals surface area contributed by atoms with Crippen LogP contribution in [0.25, 0.3) is 0 Å². The quantitative estimate of drug-likeness (QED) is 0.117. The second-order valence-electron chi connectivity index (χ2n) is 7.48. The van der Waals surface area contributed by atoms with Crippen molar-refractivity contribution in [1.82, 2.24) is 10.2 Å². The standard InChI is InChI=1S/C20H28N4O9/c25-16(22-15-4-2-1-3-5-15)11-23(12-18(28)29)7-9-24(13-19(30)31,14-20(32)33)8-6-21-10-17(26)27/h1-5,21H,6-14H2,(H4-,22,25,26,27,28,29,30,31,32,33)/p+1. The molecule has 0 bridgehead atoms. The molecule has 1 aromatic carbocycles. The Bertz CT molecular complexity index is 816. The number of hydrogen-bond donors (Lipinski definition) is 6. The third-order valence-electron chi connectivity index (χ3n) is 4.65. The van der Waals surface area contributed by atoms with Gasteiger partial charge in [-0.05, 0) is 12.1 Å². The van der Waals surface area contributed by atoms with Crippen LogP contribution in [0.3, 0.4) is 0 Å². The van der Waals surface area contributed by atoms with Crippen molar-refractivity contribution in [3.8, 4) is 0 Å². The molecule has 0 saturated heterocycles. The molecule has 0 radical (unpaired) electrons. The van der Waals surface area contributed by atoms with Crippen LogP contribution in [0, 0.1) is 0 Å². The molecule has 1 amide bonds. The van der Waals surface area contributed by atoms with E-state index in [0.717, 1.165) is 0 Å². The maximum Gasteiger partial charge on any atom is 0.359 e. The summed E-state index contributed by atoms with van der Waals surface area (Å²) in [6.07, 6.45) is 0. The summed E-state index contributed by atoms with van der Waals surface area (Å²) >= 11 is 0. The molecule has 0 unspecified atom stereocenters. The van der Waals surface area contributed by atoms with Crippen molar-refractivity contribution in [2.24, 2.45) is 0 Å². The molecule has 1 aromatic rings. The molecule has 33 heavy (non-hydrogen) atoms. The lowest BCUT2D eigenvalue weighted by Gasteiger charge is -2.37. The number of carbonyl (C=O) groups excluding carboxylic acids is 1. The molecule has 13 nitrogen and oxygen atoms in total. The van der Waals surface area contributed by atoms with Gasteiger partial charge in [-0.3, -0.25) is 19.3 Å². The summed E-state index contributed by atoms with van der Waals surface area (Å²) in [4.78, 5) is 58.5. The van der Waals surface area contributed by atoms with Crippen molar-refractivity contribution < 1.29 is 48.9 Å². The number of para-hydroxylation sites is 1. The predicted molar refractivity (Wildman–Crippen MR) is 115 cm³/mol. The van der Waals surface area contributed by atoms with Crippen LogP contribution >= 0.6 is 0 Å². The molecule has 0 aliphatic rings. The number of quaternary nitrogens is 1. The number of benzene rings is 1. The third-order valence-corrected chi connectivity index (χ3v) is 4.65. The monoisotopic (exact) mass is 469 g/mol. The van der Waals surface area contributed by atoms with Crippen LogP contribution in [0.1, 0.15) is 0 Å². The Labute approximate surface area is 189 Å². The van der Waals surface area contributed by atoms with Crippen molar-refractivity contribution in [2.75, 3.05) is 64.2 Å². The Hall–Kier alpha value is -3.55. The van der Waals surface area contributed by atoms with Crippen LogP contribution < -0.4 is 10.6 Å². The first kappa shape index (κ1) is 27.5. The van der Waals surface area contributed by atoms with Gasteiger partial charge in [0.15, 0.2) is 13.1 Å². The molecule has 0 heterocycles. The van der Waals surface area contributed by atoms with E-state index in [1.807, 2.05) is 0 Å². The molecule has 0 atom stereocenters. The molecule has 0 aliphatic carbocycles. The van der Waals surface area contributed by atoms with Crippen molar-refractivity contribution in [1.29, 1.82) is 0 Å². The average Bonchev–Trinajstić information content (AvgIpc) is 2.68. The van der Waals surface area contributed by atoms with E-state index in [0.29, 0.717) is 5.69 Å². The fraction of sp³-hybridized carbons (Fsp3) is 0.450. The summed E-state index contributed by atoms with van der Waals surface area (Å²) in [7, 11) is 0. The van der Waals surface area contributed by atoms with E-state index in [-0.39, 0.29) is 39.3 Å². The molecule has 0 fully saturated rings. The first-order valence-corrected chi connectivity index (χ1v) is 10.0. The molecule has 0 spiro atoms. The van der Waals surface area contributed by atoms with Gasteiger partial charge in [0.1, 0.15) is 0 Å². The Morgan fingerprint density at radius 1 is 0.788 bits per heavy atom. The Morgan fingerprint density at radius 3 is 1.91 bits per heavy atom.